The molecule has 3 nitrogen and oxygen atoms in total. The first-order valence-electron chi connectivity index (χ1n) is 6.34. The van der Waals surface area contributed by atoms with Crippen LogP contribution in [0.15, 0.2) is 18.3 Å². The highest BCUT2D eigenvalue weighted by atomic mass is 16.5. The lowest BCUT2D eigenvalue weighted by atomic mass is 9.88. The van der Waals surface area contributed by atoms with E-state index in [4.69, 9.17) is 4.74 Å². The maximum atomic E-state index is 12.4. The summed E-state index contributed by atoms with van der Waals surface area (Å²) in [7, 11) is 0. The van der Waals surface area contributed by atoms with Crippen LogP contribution in [0.4, 0.5) is 0 Å². The molecule has 0 aromatic carbocycles. The third kappa shape index (κ3) is 2.12. The fourth-order valence-corrected chi connectivity index (χ4v) is 3.01. The minimum atomic E-state index is 0.156. The van der Waals surface area contributed by atoms with Gasteiger partial charge in [-0.15, -0.1) is 0 Å². The molecule has 2 saturated heterocycles. The number of pyridine rings is 1. The Morgan fingerprint density at radius 1 is 1.35 bits per heavy atom. The summed E-state index contributed by atoms with van der Waals surface area (Å²) in [6, 6.07) is 3.71. The van der Waals surface area contributed by atoms with Gasteiger partial charge in [0, 0.05) is 23.4 Å². The monoisotopic (exact) mass is 231 g/mol. The number of rotatable bonds is 2. The normalized spacial score (nSPS) is 31.5. The first-order valence-corrected chi connectivity index (χ1v) is 6.34. The lowest BCUT2D eigenvalue weighted by Gasteiger charge is -2.27. The highest BCUT2D eigenvalue weighted by Crippen LogP contribution is 2.37. The van der Waals surface area contributed by atoms with Crippen LogP contribution < -0.4 is 0 Å². The molecule has 2 unspecified atom stereocenters. The molecule has 2 fully saturated rings. The summed E-state index contributed by atoms with van der Waals surface area (Å²) in [4.78, 5) is 16.5. The van der Waals surface area contributed by atoms with Crippen molar-refractivity contribution in [1.29, 1.82) is 0 Å². The van der Waals surface area contributed by atoms with E-state index in [1.54, 1.807) is 6.20 Å². The summed E-state index contributed by atoms with van der Waals surface area (Å²) in [6.45, 7) is 1.92. The minimum absolute atomic E-state index is 0.156. The van der Waals surface area contributed by atoms with Gasteiger partial charge in [-0.25, -0.2) is 0 Å². The van der Waals surface area contributed by atoms with Gasteiger partial charge in [-0.2, -0.15) is 0 Å². The van der Waals surface area contributed by atoms with Crippen molar-refractivity contribution in [1.82, 2.24) is 4.98 Å². The maximum absolute atomic E-state index is 12.4. The molecule has 90 valence electrons. The van der Waals surface area contributed by atoms with Crippen LogP contribution in [0.3, 0.4) is 0 Å². The van der Waals surface area contributed by atoms with Crippen molar-refractivity contribution in [3.05, 3.63) is 29.6 Å². The quantitative estimate of drug-likeness (QED) is 0.734. The Kier molecular flexibility index (Phi) is 2.71. The summed E-state index contributed by atoms with van der Waals surface area (Å²) >= 11 is 0. The number of aromatic nitrogens is 1. The average Bonchev–Trinajstić information content (AvgIpc) is 2.67. The molecule has 0 N–H and O–H groups in total. The summed E-state index contributed by atoms with van der Waals surface area (Å²) in [5, 5.41) is 0. The Morgan fingerprint density at radius 2 is 2.06 bits per heavy atom. The van der Waals surface area contributed by atoms with Gasteiger partial charge in [-0.3, -0.25) is 9.78 Å². The summed E-state index contributed by atoms with van der Waals surface area (Å²) in [5.41, 5.74) is 1.72. The molecule has 0 spiro atoms. The van der Waals surface area contributed by atoms with E-state index in [1.807, 2.05) is 19.1 Å². The van der Waals surface area contributed by atoms with Crippen LogP contribution in [-0.4, -0.2) is 23.0 Å². The SMILES string of the molecule is Cc1cc(C(=O)C2CC3CCC(C2)O3)ccn1. The van der Waals surface area contributed by atoms with E-state index in [0.29, 0.717) is 12.2 Å². The molecule has 2 atom stereocenters. The number of ether oxygens (including phenoxy) is 1. The van der Waals surface area contributed by atoms with Gasteiger partial charge in [0.2, 0.25) is 0 Å². The summed E-state index contributed by atoms with van der Waals surface area (Å²) < 4.78 is 5.77. The van der Waals surface area contributed by atoms with Gasteiger partial charge in [0.05, 0.1) is 12.2 Å². The van der Waals surface area contributed by atoms with Crippen molar-refractivity contribution in [2.24, 2.45) is 5.92 Å². The number of carbonyl (C=O) groups excluding carboxylic acids is 1. The standard InChI is InChI=1S/C14H17NO2/c1-9-6-10(4-5-15-9)14(16)11-7-12-2-3-13(8-11)17-12/h4-6,11-13H,2-3,7-8H2,1H3. The van der Waals surface area contributed by atoms with E-state index < -0.39 is 0 Å². The topological polar surface area (TPSA) is 39.2 Å². The fourth-order valence-electron chi connectivity index (χ4n) is 3.01. The number of nitrogens with zero attached hydrogens (tertiary/aromatic N) is 1. The van der Waals surface area contributed by atoms with Gasteiger partial charge in [0.15, 0.2) is 5.78 Å². The van der Waals surface area contributed by atoms with Gasteiger partial charge in [-0.1, -0.05) is 0 Å². The Bertz CT molecular complexity index is 432. The maximum Gasteiger partial charge on any atom is 0.166 e. The number of ketones is 1. The molecule has 2 aliphatic rings. The molecular formula is C14H17NO2. The molecule has 1 aromatic heterocycles. The second kappa shape index (κ2) is 4.22. The Labute approximate surface area is 101 Å². The van der Waals surface area contributed by atoms with E-state index in [2.05, 4.69) is 4.98 Å². The van der Waals surface area contributed by atoms with Gasteiger partial charge in [-0.05, 0) is 44.7 Å². The van der Waals surface area contributed by atoms with E-state index in [-0.39, 0.29) is 11.7 Å². The zero-order chi connectivity index (χ0) is 11.8. The zero-order valence-electron chi connectivity index (χ0n) is 10.1. The summed E-state index contributed by atoms with van der Waals surface area (Å²) in [5.74, 6) is 0.429. The van der Waals surface area contributed by atoms with Crippen LogP contribution in [0, 0.1) is 12.8 Å². The molecule has 0 amide bonds. The Balaban J connectivity index is 1.78. The van der Waals surface area contributed by atoms with Gasteiger partial charge < -0.3 is 4.74 Å². The lowest BCUT2D eigenvalue weighted by Crippen LogP contribution is -2.30. The van der Waals surface area contributed by atoms with Crippen molar-refractivity contribution in [2.45, 2.75) is 44.8 Å². The number of hydrogen-bond acceptors (Lipinski definition) is 3. The van der Waals surface area contributed by atoms with E-state index in [0.717, 1.165) is 36.9 Å². The molecule has 17 heavy (non-hydrogen) atoms. The molecule has 2 aliphatic heterocycles. The van der Waals surface area contributed by atoms with Crippen LogP contribution in [0.2, 0.25) is 0 Å². The minimum Gasteiger partial charge on any atom is -0.375 e. The van der Waals surface area contributed by atoms with E-state index in [9.17, 15) is 4.79 Å². The van der Waals surface area contributed by atoms with Gasteiger partial charge in [0.25, 0.3) is 0 Å². The molecule has 2 bridgehead atoms. The van der Waals surface area contributed by atoms with Crippen molar-refractivity contribution in [3.8, 4) is 0 Å². The molecule has 3 heterocycles. The van der Waals surface area contributed by atoms with Crippen LogP contribution in [0.25, 0.3) is 0 Å². The van der Waals surface area contributed by atoms with Gasteiger partial charge >= 0.3 is 0 Å². The van der Waals surface area contributed by atoms with E-state index in [1.165, 1.54) is 0 Å². The number of hydrogen-bond donors (Lipinski definition) is 0. The number of fused-ring (bicyclic) bond motifs is 2. The second-order valence-electron chi connectivity index (χ2n) is 5.18. The number of Topliss-reactive ketones (excluding diaryl/α,β-unsaturated/α-hetero) is 1. The highest BCUT2D eigenvalue weighted by Gasteiger charge is 2.38. The largest absolute Gasteiger partial charge is 0.375 e. The lowest BCUT2D eigenvalue weighted by molar-refractivity contribution is -0.0149. The first-order chi connectivity index (χ1) is 8.22. The third-order valence-electron chi connectivity index (χ3n) is 3.84. The van der Waals surface area contributed by atoms with Crippen LogP contribution in [-0.2, 0) is 4.74 Å². The van der Waals surface area contributed by atoms with Crippen molar-refractivity contribution < 1.29 is 9.53 Å². The first kappa shape index (κ1) is 10.9. The van der Waals surface area contributed by atoms with E-state index >= 15 is 0 Å². The highest BCUT2D eigenvalue weighted by molar-refractivity contribution is 5.98. The predicted octanol–water partition coefficient (Wildman–Crippen LogP) is 2.53. The summed E-state index contributed by atoms with van der Waals surface area (Å²) in [6.07, 6.45) is 6.42. The van der Waals surface area contributed by atoms with Crippen LogP contribution in [0.5, 0.6) is 0 Å². The fraction of sp³-hybridized carbons (Fsp3) is 0.571. The predicted molar refractivity (Wildman–Crippen MR) is 63.9 cm³/mol. The average molecular weight is 231 g/mol. The zero-order valence-corrected chi connectivity index (χ0v) is 10.1. The molecule has 0 aliphatic carbocycles. The third-order valence-corrected chi connectivity index (χ3v) is 3.84. The van der Waals surface area contributed by atoms with Crippen molar-refractivity contribution in [2.75, 3.05) is 0 Å². The van der Waals surface area contributed by atoms with Crippen LogP contribution >= 0.6 is 0 Å². The second-order valence-corrected chi connectivity index (χ2v) is 5.18. The van der Waals surface area contributed by atoms with Gasteiger partial charge in [0.1, 0.15) is 0 Å². The number of aryl methyl sites for hydroxylation is 1. The molecule has 3 heteroatoms. The Morgan fingerprint density at radius 3 is 2.71 bits per heavy atom. The molecule has 3 rings (SSSR count). The molecule has 0 radical (unpaired) electrons. The smallest absolute Gasteiger partial charge is 0.166 e. The Hall–Kier alpha value is -1.22. The van der Waals surface area contributed by atoms with Crippen molar-refractivity contribution >= 4 is 5.78 Å². The van der Waals surface area contributed by atoms with Crippen LogP contribution in [0.1, 0.15) is 41.7 Å². The number of carbonyl (C=O) groups is 1. The molecular weight excluding hydrogens is 214 g/mol. The molecule has 0 saturated carbocycles. The van der Waals surface area contributed by atoms with Crippen molar-refractivity contribution in [3.63, 3.8) is 0 Å². The molecule has 1 aromatic rings.